The number of carboxylic acid groups (broad SMARTS) is 1. The van der Waals surface area contributed by atoms with Crippen molar-refractivity contribution in [2.75, 3.05) is 19.0 Å². The third kappa shape index (κ3) is 2.65. The van der Waals surface area contributed by atoms with Crippen LogP contribution in [0.4, 0.5) is 5.13 Å². The smallest absolute Gasteiger partial charge is 0.317 e. The fraction of sp³-hybridized carbons (Fsp3) is 0.667. The van der Waals surface area contributed by atoms with Crippen molar-refractivity contribution < 1.29 is 9.90 Å². The Labute approximate surface area is 102 Å². The van der Waals surface area contributed by atoms with E-state index in [4.69, 9.17) is 5.11 Å². The first-order valence-corrected chi connectivity index (χ1v) is 6.68. The molecule has 1 saturated carbocycles. The van der Waals surface area contributed by atoms with E-state index in [-0.39, 0.29) is 5.25 Å². The van der Waals surface area contributed by atoms with Crippen LogP contribution in [0.3, 0.4) is 0 Å². The van der Waals surface area contributed by atoms with Gasteiger partial charge in [-0.15, -0.1) is 10.2 Å². The zero-order valence-electron chi connectivity index (χ0n) is 9.08. The molecule has 1 heterocycles. The van der Waals surface area contributed by atoms with E-state index >= 15 is 0 Å². The van der Waals surface area contributed by atoms with Gasteiger partial charge in [-0.1, -0.05) is 23.1 Å². The molecule has 16 heavy (non-hydrogen) atoms. The van der Waals surface area contributed by atoms with Crippen LogP contribution < -0.4 is 4.90 Å². The van der Waals surface area contributed by atoms with Crippen LogP contribution in [-0.4, -0.2) is 40.6 Å². The van der Waals surface area contributed by atoms with Crippen molar-refractivity contribution >= 4 is 34.2 Å². The maximum Gasteiger partial charge on any atom is 0.317 e. The Kier molecular flexibility index (Phi) is 3.34. The van der Waals surface area contributed by atoms with Crippen molar-refractivity contribution in [3.05, 3.63) is 0 Å². The van der Waals surface area contributed by atoms with Crippen LogP contribution in [0.25, 0.3) is 0 Å². The lowest BCUT2D eigenvalue weighted by Crippen LogP contribution is -2.18. The van der Waals surface area contributed by atoms with Gasteiger partial charge in [-0.3, -0.25) is 4.79 Å². The van der Waals surface area contributed by atoms with E-state index in [1.807, 2.05) is 19.0 Å². The summed E-state index contributed by atoms with van der Waals surface area (Å²) in [6.07, 6.45) is 2.03. The van der Waals surface area contributed by atoms with Crippen LogP contribution in [0.15, 0.2) is 4.34 Å². The lowest BCUT2D eigenvalue weighted by atomic mass is 10.3. The minimum atomic E-state index is -0.742. The highest BCUT2D eigenvalue weighted by atomic mass is 32.2. The van der Waals surface area contributed by atoms with Gasteiger partial charge in [0.2, 0.25) is 5.13 Å². The zero-order valence-corrected chi connectivity index (χ0v) is 10.7. The summed E-state index contributed by atoms with van der Waals surface area (Å²) >= 11 is 2.76. The topological polar surface area (TPSA) is 66.3 Å². The second-order valence-electron chi connectivity index (χ2n) is 3.96. The first kappa shape index (κ1) is 11.7. The van der Waals surface area contributed by atoms with Crippen LogP contribution in [0.2, 0.25) is 0 Å². The van der Waals surface area contributed by atoms with E-state index in [2.05, 4.69) is 10.2 Å². The molecule has 0 bridgehead atoms. The summed E-state index contributed by atoms with van der Waals surface area (Å²) in [5.41, 5.74) is 0. The van der Waals surface area contributed by atoms with E-state index in [1.165, 1.54) is 23.1 Å². The molecule has 1 N–H and O–H groups in total. The van der Waals surface area contributed by atoms with Crippen LogP contribution in [-0.2, 0) is 4.79 Å². The van der Waals surface area contributed by atoms with Crippen LogP contribution in [0, 0.1) is 5.92 Å². The molecular formula is C9H13N3O2S2. The minimum Gasteiger partial charge on any atom is -0.480 e. The Balaban J connectivity index is 2.03. The molecule has 1 fully saturated rings. The number of nitrogens with zero attached hydrogens (tertiary/aromatic N) is 3. The van der Waals surface area contributed by atoms with Gasteiger partial charge in [0.1, 0.15) is 5.25 Å². The molecule has 1 atom stereocenters. The maximum absolute atomic E-state index is 11.1. The molecule has 0 aromatic carbocycles. The molecule has 5 nitrogen and oxygen atoms in total. The van der Waals surface area contributed by atoms with Crippen molar-refractivity contribution in [3.63, 3.8) is 0 Å². The molecule has 1 aliphatic carbocycles. The van der Waals surface area contributed by atoms with Gasteiger partial charge in [-0.05, 0) is 18.8 Å². The van der Waals surface area contributed by atoms with E-state index in [0.717, 1.165) is 22.3 Å². The van der Waals surface area contributed by atoms with E-state index in [1.54, 1.807) is 0 Å². The van der Waals surface area contributed by atoms with Crippen LogP contribution in [0.1, 0.15) is 12.8 Å². The summed E-state index contributed by atoms with van der Waals surface area (Å²) in [4.78, 5) is 12.9. The predicted octanol–water partition coefficient (Wildman–Crippen LogP) is 1.56. The normalized spacial score (nSPS) is 17.1. The van der Waals surface area contributed by atoms with Gasteiger partial charge in [0, 0.05) is 14.1 Å². The average Bonchev–Trinajstić information content (AvgIpc) is 2.92. The molecule has 0 amide bonds. The lowest BCUT2D eigenvalue weighted by Gasteiger charge is -2.07. The maximum atomic E-state index is 11.1. The molecule has 88 valence electrons. The Morgan fingerprint density at radius 2 is 2.25 bits per heavy atom. The molecule has 1 aliphatic rings. The number of hydrogen-bond acceptors (Lipinski definition) is 6. The van der Waals surface area contributed by atoms with Crippen molar-refractivity contribution in [3.8, 4) is 0 Å². The number of rotatable bonds is 5. The van der Waals surface area contributed by atoms with Gasteiger partial charge in [-0.25, -0.2) is 0 Å². The highest BCUT2D eigenvalue weighted by Crippen LogP contribution is 2.42. The Morgan fingerprint density at radius 3 is 2.69 bits per heavy atom. The van der Waals surface area contributed by atoms with Gasteiger partial charge < -0.3 is 10.0 Å². The van der Waals surface area contributed by atoms with Gasteiger partial charge in [0.25, 0.3) is 0 Å². The number of hydrogen-bond donors (Lipinski definition) is 1. The second-order valence-corrected chi connectivity index (χ2v) is 6.30. The summed E-state index contributed by atoms with van der Waals surface area (Å²) in [5, 5.41) is 17.5. The van der Waals surface area contributed by atoms with Crippen molar-refractivity contribution in [2.45, 2.75) is 22.4 Å². The van der Waals surface area contributed by atoms with Gasteiger partial charge in [-0.2, -0.15) is 0 Å². The zero-order chi connectivity index (χ0) is 11.7. The van der Waals surface area contributed by atoms with Crippen LogP contribution >= 0.6 is 23.1 Å². The molecular weight excluding hydrogens is 246 g/mol. The van der Waals surface area contributed by atoms with Crippen molar-refractivity contribution in [1.82, 2.24) is 10.2 Å². The third-order valence-electron chi connectivity index (χ3n) is 2.30. The average molecular weight is 259 g/mol. The molecule has 7 heteroatoms. The minimum absolute atomic E-state index is 0.314. The molecule has 0 spiro atoms. The van der Waals surface area contributed by atoms with E-state index < -0.39 is 5.97 Å². The highest BCUT2D eigenvalue weighted by molar-refractivity contribution is 8.02. The number of thioether (sulfide) groups is 1. The summed E-state index contributed by atoms with van der Waals surface area (Å²) < 4.78 is 0.739. The SMILES string of the molecule is CN(C)c1nnc(SC(C(=O)O)C2CC2)s1. The fourth-order valence-electron chi connectivity index (χ4n) is 1.29. The number of aromatic nitrogens is 2. The Morgan fingerprint density at radius 1 is 1.56 bits per heavy atom. The Bertz CT molecular complexity index is 390. The second kappa shape index (κ2) is 4.58. The van der Waals surface area contributed by atoms with Crippen molar-refractivity contribution in [2.24, 2.45) is 5.92 Å². The van der Waals surface area contributed by atoms with Crippen molar-refractivity contribution in [1.29, 1.82) is 0 Å². The summed E-state index contributed by atoms with van der Waals surface area (Å²) in [6.45, 7) is 0. The number of carbonyl (C=O) groups is 1. The highest BCUT2D eigenvalue weighted by Gasteiger charge is 2.37. The molecule has 1 aromatic heterocycles. The van der Waals surface area contributed by atoms with Gasteiger partial charge in [0.05, 0.1) is 0 Å². The monoisotopic (exact) mass is 259 g/mol. The molecule has 1 aromatic rings. The summed E-state index contributed by atoms with van der Waals surface area (Å²) in [7, 11) is 3.79. The number of aliphatic carboxylic acids is 1. The first-order valence-electron chi connectivity index (χ1n) is 4.98. The number of carboxylic acids is 1. The molecule has 0 radical (unpaired) electrons. The third-order valence-corrected chi connectivity index (χ3v) is 4.85. The molecule has 0 aliphatic heterocycles. The molecule has 1 unspecified atom stereocenters. The summed E-state index contributed by atoms with van der Waals surface area (Å²) in [6, 6.07) is 0. The van der Waals surface area contributed by atoms with Gasteiger partial charge in [0.15, 0.2) is 4.34 Å². The summed E-state index contributed by atoms with van der Waals surface area (Å²) in [5.74, 6) is -0.427. The lowest BCUT2D eigenvalue weighted by molar-refractivity contribution is -0.136. The number of anilines is 1. The first-order chi connectivity index (χ1) is 7.58. The van der Waals surface area contributed by atoms with Crippen LogP contribution in [0.5, 0.6) is 0 Å². The Hall–Kier alpha value is -0.820. The quantitative estimate of drug-likeness (QED) is 0.809. The van der Waals surface area contributed by atoms with E-state index in [0.29, 0.717) is 5.92 Å². The van der Waals surface area contributed by atoms with Gasteiger partial charge >= 0.3 is 5.97 Å². The molecule has 2 rings (SSSR count). The predicted molar refractivity (Wildman–Crippen MR) is 64.2 cm³/mol. The fourth-order valence-corrected chi connectivity index (χ4v) is 3.39. The standard InChI is InChI=1S/C9H13N3O2S2/c1-12(2)8-10-11-9(16-8)15-6(7(13)14)5-3-4-5/h5-6H,3-4H2,1-2H3,(H,13,14). The largest absolute Gasteiger partial charge is 0.480 e. The molecule has 0 saturated heterocycles. The van der Waals surface area contributed by atoms with E-state index in [9.17, 15) is 4.79 Å².